The first-order valence-corrected chi connectivity index (χ1v) is 6.94. The number of carbonyl (C=O) groups is 1. The number of para-hydroxylation sites is 1. The van der Waals surface area contributed by atoms with Gasteiger partial charge in [0.25, 0.3) is 5.91 Å². The lowest BCUT2D eigenvalue weighted by molar-refractivity contribution is 0.102. The van der Waals surface area contributed by atoms with Gasteiger partial charge in [-0.3, -0.25) is 9.78 Å². The van der Waals surface area contributed by atoms with Crippen molar-refractivity contribution in [1.82, 2.24) is 4.98 Å². The summed E-state index contributed by atoms with van der Waals surface area (Å²) in [5.41, 5.74) is 2.20. The molecule has 98 valence electrons. The largest absolute Gasteiger partial charge is 0.322 e. The Hall–Kier alpha value is -2.20. The lowest BCUT2D eigenvalue weighted by Crippen LogP contribution is -2.12. The summed E-state index contributed by atoms with van der Waals surface area (Å²) in [6, 6.07) is 16.8. The standard InChI is InChI=1S/C16H11BrN2O/c17-11-5-7-12(8-6-11)19-16(20)14-9-10-18-15-4-2-1-3-13(14)15/h1-10H,(H,19,20). The Labute approximate surface area is 124 Å². The first-order chi connectivity index (χ1) is 9.74. The maximum absolute atomic E-state index is 12.4. The molecule has 3 rings (SSSR count). The fraction of sp³-hybridized carbons (Fsp3) is 0. The second kappa shape index (κ2) is 5.43. The maximum atomic E-state index is 12.4. The quantitative estimate of drug-likeness (QED) is 0.764. The van der Waals surface area contributed by atoms with Gasteiger partial charge in [0, 0.05) is 21.7 Å². The topological polar surface area (TPSA) is 42.0 Å². The van der Waals surface area contributed by atoms with Crippen LogP contribution in [0, 0.1) is 0 Å². The molecule has 0 aliphatic rings. The van der Waals surface area contributed by atoms with E-state index in [9.17, 15) is 4.79 Å². The molecular weight excluding hydrogens is 316 g/mol. The Kier molecular flexibility index (Phi) is 3.48. The van der Waals surface area contributed by atoms with Gasteiger partial charge >= 0.3 is 0 Å². The summed E-state index contributed by atoms with van der Waals surface area (Å²) in [6.45, 7) is 0. The third-order valence-electron chi connectivity index (χ3n) is 3.00. The number of hydrogen-bond acceptors (Lipinski definition) is 2. The van der Waals surface area contributed by atoms with Crippen LogP contribution >= 0.6 is 15.9 Å². The molecule has 3 aromatic rings. The molecule has 0 bridgehead atoms. The van der Waals surface area contributed by atoms with Crippen molar-refractivity contribution in [3.8, 4) is 0 Å². The van der Waals surface area contributed by atoms with Gasteiger partial charge < -0.3 is 5.32 Å². The molecule has 20 heavy (non-hydrogen) atoms. The number of hydrogen-bond donors (Lipinski definition) is 1. The Morgan fingerprint density at radius 3 is 2.55 bits per heavy atom. The third-order valence-corrected chi connectivity index (χ3v) is 3.52. The van der Waals surface area contributed by atoms with Crippen molar-refractivity contribution < 1.29 is 4.79 Å². The van der Waals surface area contributed by atoms with E-state index in [1.165, 1.54) is 0 Å². The van der Waals surface area contributed by atoms with E-state index >= 15 is 0 Å². The summed E-state index contributed by atoms with van der Waals surface area (Å²) in [7, 11) is 0. The van der Waals surface area contributed by atoms with E-state index in [2.05, 4.69) is 26.2 Å². The van der Waals surface area contributed by atoms with Gasteiger partial charge in [-0.25, -0.2) is 0 Å². The van der Waals surface area contributed by atoms with Crippen molar-refractivity contribution >= 4 is 38.4 Å². The van der Waals surface area contributed by atoms with Gasteiger partial charge in [0.15, 0.2) is 0 Å². The normalized spacial score (nSPS) is 10.4. The first kappa shape index (κ1) is 12.8. The van der Waals surface area contributed by atoms with Crippen LogP contribution in [0.1, 0.15) is 10.4 Å². The Balaban J connectivity index is 1.94. The molecule has 1 N–H and O–H groups in total. The molecule has 4 heteroatoms. The second-order valence-corrected chi connectivity index (χ2v) is 5.25. The number of aromatic nitrogens is 1. The van der Waals surface area contributed by atoms with Crippen LogP contribution in [0.5, 0.6) is 0 Å². The van der Waals surface area contributed by atoms with Crippen molar-refractivity contribution in [3.63, 3.8) is 0 Å². The number of rotatable bonds is 2. The van der Waals surface area contributed by atoms with Crippen molar-refractivity contribution in [2.24, 2.45) is 0 Å². The highest BCUT2D eigenvalue weighted by Gasteiger charge is 2.10. The lowest BCUT2D eigenvalue weighted by atomic mass is 10.1. The van der Waals surface area contributed by atoms with Crippen LogP contribution in [0.3, 0.4) is 0 Å². The first-order valence-electron chi connectivity index (χ1n) is 6.15. The fourth-order valence-corrected chi connectivity index (χ4v) is 2.29. The van der Waals surface area contributed by atoms with E-state index in [1.54, 1.807) is 12.3 Å². The number of nitrogens with one attached hydrogen (secondary N) is 1. The average Bonchev–Trinajstić information content (AvgIpc) is 2.49. The highest BCUT2D eigenvalue weighted by molar-refractivity contribution is 9.10. The average molecular weight is 327 g/mol. The van der Waals surface area contributed by atoms with Crippen molar-refractivity contribution in [3.05, 3.63) is 70.8 Å². The number of anilines is 1. The minimum absolute atomic E-state index is 0.133. The van der Waals surface area contributed by atoms with E-state index in [0.29, 0.717) is 5.56 Å². The van der Waals surface area contributed by atoms with E-state index in [1.807, 2.05) is 48.5 Å². The van der Waals surface area contributed by atoms with Crippen molar-refractivity contribution in [1.29, 1.82) is 0 Å². The Morgan fingerprint density at radius 2 is 1.75 bits per heavy atom. The number of halogens is 1. The molecule has 0 saturated heterocycles. The molecule has 0 radical (unpaired) electrons. The number of amides is 1. The minimum atomic E-state index is -0.133. The van der Waals surface area contributed by atoms with Crippen LogP contribution in [0.25, 0.3) is 10.9 Å². The number of pyridine rings is 1. The Morgan fingerprint density at radius 1 is 1.00 bits per heavy atom. The zero-order valence-corrected chi connectivity index (χ0v) is 12.1. The summed E-state index contributed by atoms with van der Waals surface area (Å²) in [6.07, 6.45) is 1.65. The molecule has 0 saturated carbocycles. The lowest BCUT2D eigenvalue weighted by Gasteiger charge is -2.07. The van der Waals surface area contributed by atoms with E-state index in [-0.39, 0.29) is 5.91 Å². The number of nitrogens with zero attached hydrogens (tertiary/aromatic N) is 1. The predicted octanol–water partition coefficient (Wildman–Crippen LogP) is 4.25. The molecule has 1 heterocycles. The molecule has 2 aromatic carbocycles. The van der Waals surface area contributed by atoms with Gasteiger partial charge in [0.2, 0.25) is 0 Å². The van der Waals surface area contributed by atoms with Crippen molar-refractivity contribution in [2.75, 3.05) is 5.32 Å². The molecule has 0 fully saturated rings. The molecule has 0 spiro atoms. The van der Waals surface area contributed by atoms with Crippen LogP contribution in [0.2, 0.25) is 0 Å². The minimum Gasteiger partial charge on any atom is -0.322 e. The van der Waals surface area contributed by atoms with Crippen LogP contribution in [-0.4, -0.2) is 10.9 Å². The summed E-state index contributed by atoms with van der Waals surface area (Å²) in [5.74, 6) is -0.133. The zero-order chi connectivity index (χ0) is 13.9. The number of benzene rings is 2. The molecule has 1 aromatic heterocycles. The fourth-order valence-electron chi connectivity index (χ4n) is 2.03. The van der Waals surface area contributed by atoms with Gasteiger partial charge in [-0.05, 0) is 36.4 Å². The smallest absolute Gasteiger partial charge is 0.256 e. The van der Waals surface area contributed by atoms with Crippen LogP contribution in [-0.2, 0) is 0 Å². The highest BCUT2D eigenvalue weighted by Crippen LogP contribution is 2.19. The molecule has 1 amide bonds. The van der Waals surface area contributed by atoms with Gasteiger partial charge in [0.1, 0.15) is 0 Å². The van der Waals surface area contributed by atoms with Crippen LogP contribution in [0.15, 0.2) is 65.3 Å². The SMILES string of the molecule is O=C(Nc1ccc(Br)cc1)c1ccnc2ccccc12. The molecule has 0 aliphatic heterocycles. The summed E-state index contributed by atoms with van der Waals surface area (Å²) >= 11 is 3.37. The van der Waals surface area contributed by atoms with Crippen LogP contribution < -0.4 is 5.32 Å². The number of carbonyl (C=O) groups excluding carboxylic acids is 1. The van der Waals surface area contributed by atoms with Gasteiger partial charge in [-0.2, -0.15) is 0 Å². The maximum Gasteiger partial charge on any atom is 0.256 e. The highest BCUT2D eigenvalue weighted by atomic mass is 79.9. The Bertz CT molecular complexity index is 764. The van der Waals surface area contributed by atoms with Crippen LogP contribution in [0.4, 0.5) is 5.69 Å². The van der Waals surface area contributed by atoms with E-state index in [4.69, 9.17) is 0 Å². The zero-order valence-electron chi connectivity index (χ0n) is 10.5. The summed E-state index contributed by atoms with van der Waals surface area (Å²) < 4.78 is 0.977. The molecule has 0 unspecified atom stereocenters. The summed E-state index contributed by atoms with van der Waals surface area (Å²) in [5, 5.41) is 3.74. The van der Waals surface area contributed by atoms with Gasteiger partial charge in [0.05, 0.1) is 11.1 Å². The number of fused-ring (bicyclic) bond motifs is 1. The molecule has 0 atom stereocenters. The van der Waals surface area contributed by atoms with E-state index < -0.39 is 0 Å². The third kappa shape index (κ3) is 2.56. The van der Waals surface area contributed by atoms with Gasteiger partial charge in [-0.15, -0.1) is 0 Å². The second-order valence-electron chi connectivity index (χ2n) is 4.34. The molecule has 3 nitrogen and oxygen atoms in total. The monoisotopic (exact) mass is 326 g/mol. The predicted molar refractivity (Wildman–Crippen MR) is 83.8 cm³/mol. The van der Waals surface area contributed by atoms with Gasteiger partial charge in [-0.1, -0.05) is 34.1 Å². The molecule has 0 aliphatic carbocycles. The molecular formula is C16H11BrN2O. The van der Waals surface area contributed by atoms with E-state index in [0.717, 1.165) is 21.1 Å². The van der Waals surface area contributed by atoms with Crippen molar-refractivity contribution in [2.45, 2.75) is 0 Å². The summed E-state index contributed by atoms with van der Waals surface area (Å²) in [4.78, 5) is 16.6.